The molecule has 0 atom stereocenters. The Labute approximate surface area is 120 Å². The molecule has 0 N–H and O–H groups in total. The molecule has 0 saturated carbocycles. The second-order valence-corrected chi connectivity index (χ2v) is 6.03. The van der Waals surface area contributed by atoms with Crippen LogP contribution in [0.15, 0.2) is 10.9 Å². The summed E-state index contributed by atoms with van der Waals surface area (Å²) >= 11 is 0. The SMILES string of the molecule is CN1CCN(CCn2nc3c(cc2=O)CCCC3)CC1. The fourth-order valence-electron chi connectivity index (χ4n) is 3.07. The Morgan fingerprint density at radius 1 is 1.10 bits per heavy atom. The van der Waals surface area contributed by atoms with Gasteiger partial charge in [0, 0.05) is 38.8 Å². The van der Waals surface area contributed by atoms with Gasteiger partial charge in [-0.05, 0) is 38.3 Å². The summed E-state index contributed by atoms with van der Waals surface area (Å²) in [6.07, 6.45) is 4.46. The van der Waals surface area contributed by atoms with E-state index in [1.807, 2.05) is 6.07 Å². The molecule has 0 amide bonds. The third kappa shape index (κ3) is 3.10. The average molecular weight is 276 g/mol. The van der Waals surface area contributed by atoms with E-state index >= 15 is 0 Å². The highest BCUT2D eigenvalue weighted by atomic mass is 16.1. The van der Waals surface area contributed by atoms with E-state index in [2.05, 4.69) is 21.9 Å². The zero-order valence-electron chi connectivity index (χ0n) is 12.3. The minimum absolute atomic E-state index is 0.0692. The van der Waals surface area contributed by atoms with Crippen molar-refractivity contribution in [3.05, 3.63) is 27.7 Å². The lowest BCUT2D eigenvalue weighted by Crippen LogP contribution is -2.46. The number of hydrogen-bond acceptors (Lipinski definition) is 4. The van der Waals surface area contributed by atoms with Crippen molar-refractivity contribution in [3.63, 3.8) is 0 Å². The molecule has 5 heteroatoms. The summed E-state index contributed by atoms with van der Waals surface area (Å²) in [5.74, 6) is 0. The summed E-state index contributed by atoms with van der Waals surface area (Å²) in [7, 11) is 2.16. The van der Waals surface area contributed by atoms with Crippen LogP contribution in [0.5, 0.6) is 0 Å². The Kier molecular flexibility index (Phi) is 4.17. The van der Waals surface area contributed by atoms with Gasteiger partial charge in [0.25, 0.3) is 5.56 Å². The fraction of sp³-hybridized carbons (Fsp3) is 0.733. The summed E-state index contributed by atoms with van der Waals surface area (Å²) in [6, 6.07) is 1.81. The maximum atomic E-state index is 12.1. The van der Waals surface area contributed by atoms with Gasteiger partial charge in [-0.15, -0.1) is 0 Å². The minimum Gasteiger partial charge on any atom is -0.304 e. The number of piperazine rings is 1. The molecule has 0 aromatic carbocycles. The number of rotatable bonds is 3. The Hall–Kier alpha value is -1.20. The largest absolute Gasteiger partial charge is 0.304 e. The standard InChI is InChI=1S/C15H24N4O/c1-17-6-8-18(9-7-17)10-11-19-15(20)12-13-4-2-3-5-14(13)16-19/h12H,2-11H2,1H3. The normalized spacial score (nSPS) is 20.9. The van der Waals surface area contributed by atoms with E-state index in [4.69, 9.17) is 0 Å². The van der Waals surface area contributed by atoms with Gasteiger partial charge < -0.3 is 4.90 Å². The lowest BCUT2D eigenvalue weighted by molar-refractivity contribution is 0.148. The van der Waals surface area contributed by atoms with Crippen LogP contribution in [0.1, 0.15) is 24.1 Å². The van der Waals surface area contributed by atoms with Gasteiger partial charge in [0.05, 0.1) is 12.2 Å². The zero-order valence-corrected chi connectivity index (χ0v) is 12.3. The highest BCUT2D eigenvalue weighted by molar-refractivity contribution is 5.20. The maximum Gasteiger partial charge on any atom is 0.267 e. The Balaban J connectivity index is 1.64. The molecular weight excluding hydrogens is 252 g/mol. The van der Waals surface area contributed by atoms with Crippen LogP contribution in [-0.4, -0.2) is 59.4 Å². The predicted molar refractivity (Wildman–Crippen MR) is 79.1 cm³/mol. The quantitative estimate of drug-likeness (QED) is 0.800. The molecule has 110 valence electrons. The molecule has 5 nitrogen and oxygen atoms in total. The molecule has 0 spiro atoms. The second kappa shape index (κ2) is 6.06. The molecule has 0 radical (unpaired) electrons. The number of aryl methyl sites for hydroxylation is 2. The van der Waals surface area contributed by atoms with Crippen molar-refractivity contribution < 1.29 is 0 Å². The van der Waals surface area contributed by atoms with Crippen LogP contribution < -0.4 is 5.56 Å². The highest BCUT2D eigenvalue weighted by Gasteiger charge is 2.16. The summed E-state index contributed by atoms with van der Waals surface area (Å²) in [6.45, 7) is 6.07. The molecule has 3 rings (SSSR count). The molecule has 1 aromatic rings. The maximum absolute atomic E-state index is 12.1. The summed E-state index contributed by atoms with van der Waals surface area (Å²) < 4.78 is 1.67. The minimum atomic E-state index is 0.0692. The van der Waals surface area contributed by atoms with E-state index in [1.165, 1.54) is 18.4 Å². The lowest BCUT2D eigenvalue weighted by atomic mass is 9.97. The van der Waals surface area contributed by atoms with E-state index in [9.17, 15) is 4.79 Å². The molecule has 1 aliphatic heterocycles. The number of likely N-dealkylation sites (N-methyl/N-ethyl adjacent to an activating group) is 1. The molecule has 2 heterocycles. The van der Waals surface area contributed by atoms with Gasteiger partial charge in [0.1, 0.15) is 0 Å². The highest BCUT2D eigenvalue weighted by Crippen LogP contribution is 2.16. The van der Waals surface area contributed by atoms with Crippen molar-refractivity contribution in [2.75, 3.05) is 39.8 Å². The van der Waals surface area contributed by atoms with Gasteiger partial charge in [0.2, 0.25) is 0 Å². The summed E-state index contributed by atoms with van der Waals surface area (Å²) in [5, 5.41) is 4.58. The molecule has 1 fully saturated rings. The first-order valence-electron chi connectivity index (χ1n) is 7.73. The molecular formula is C15H24N4O. The van der Waals surface area contributed by atoms with E-state index < -0.39 is 0 Å². The van der Waals surface area contributed by atoms with Gasteiger partial charge in [0.15, 0.2) is 0 Å². The van der Waals surface area contributed by atoms with Crippen molar-refractivity contribution in [2.24, 2.45) is 0 Å². The monoisotopic (exact) mass is 276 g/mol. The number of aromatic nitrogens is 2. The van der Waals surface area contributed by atoms with Crippen LogP contribution in [0.3, 0.4) is 0 Å². The van der Waals surface area contributed by atoms with Gasteiger partial charge in [-0.25, -0.2) is 4.68 Å². The Morgan fingerprint density at radius 2 is 1.85 bits per heavy atom. The molecule has 0 unspecified atom stereocenters. The van der Waals surface area contributed by atoms with E-state index in [0.717, 1.165) is 57.8 Å². The van der Waals surface area contributed by atoms with Crippen LogP contribution in [0, 0.1) is 0 Å². The van der Waals surface area contributed by atoms with Crippen molar-refractivity contribution in [2.45, 2.75) is 32.2 Å². The van der Waals surface area contributed by atoms with Crippen molar-refractivity contribution >= 4 is 0 Å². The fourth-order valence-corrected chi connectivity index (χ4v) is 3.07. The molecule has 2 aliphatic rings. The van der Waals surface area contributed by atoms with Crippen LogP contribution in [-0.2, 0) is 19.4 Å². The number of nitrogens with zero attached hydrogens (tertiary/aromatic N) is 4. The van der Waals surface area contributed by atoms with Gasteiger partial charge >= 0.3 is 0 Å². The van der Waals surface area contributed by atoms with Crippen LogP contribution >= 0.6 is 0 Å². The summed E-state index contributed by atoms with van der Waals surface area (Å²) in [4.78, 5) is 16.9. The smallest absolute Gasteiger partial charge is 0.267 e. The molecule has 1 aromatic heterocycles. The first kappa shape index (κ1) is 13.8. The number of hydrogen-bond donors (Lipinski definition) is 0. The first-order valence-corrected chi connectivity index (χ1v) is 7.73. The Morgan fingerprint density at radius 3 is 2.65 bits per heavy atom. The lowest BCUT2D eigenvalue weighted by Gasteiger charge is -2.32. The van der Waals surface area contributed by atoms with Crippen LogP contribution in [0.4, 0.5) is 0 Å². The molecule has 0 bridgehead atoms. The first-order chi connectivity index (χ1) is 9.72. The zero-order chi connectivity index (χ0) is 13.9. The Bertz CT molecular complexity index is 517. The average Bonchev–Trinajstić information content (AvgIpc) is 2.47. The van der Waals surface area contributed by atoms with E-state index in [-0.39, 0.29) is 5.56 Å². The van der Waals surface area contributed by atoms with Gasteiger partial charge in [-0.3, -0.25) is 9.69 Å². The van der Waals surface area contributed by atoms with Gasteiger partial charge in [-0.2, -0.15) is 5.10 Å². The van der Waals surface area contributed by atoms with Crippen molar-refractivity contribution in [1.29, 1.82) is 0 Å². The molecule has 1 aliphatic carbocycles. The third-order valence-corrected chi connectivity index (χ3v) is 4.50. The molecule has 1 saturated heterocycles. The van der Waals surface area contributed by atoms with Crippen molar-refractivity contribution in [3.8, 4) is 0 Å². The summed E-state index contributed by atoms with van der Waals surface area (Å²) in [5.41, 5.74) is 2.39. The van der Waals surface area contributed by atoms with Gasteiger partial charge in [-0.1, -0.05) is 0 Å². The topological polar surface area (TPSA) is 41.4 Å². The number of fused-ring (bicyclic) bond motifs is 1. The third-order valence-electron chi connectivity index (χ3n) is 4.50. The molecule has 20 heavy (non-hydrogen) atoms. The van der Waals surface area contributed by atoms with Crippen molar-refractivity contribution in [1.82, 2.24) is 19.6 Å². The van der Waals surface area contributed by atoms with E-state index in [0.29, 0.717) is 0 Å². The van der Waals surface area contributed by atoms with Crippen LogP contribution in [0.25, 0.3) is 0 Å². The van der Waals surface area contributed by atoms with Crippen LogP contribution in [0.2, 0.25) is 0 Å². The predicted octanol–water partition coefficient (Wildman–Crippen LogP) is 0.370. The second-order valence-electron chi connectivity index (χ2n) is 6.03. The van der Waals surface area contributed by atoms with E-state index in [1.54, 1.807) is 4.68 Å².